The molecular formula is C15H27Cl3O5Si2. The molecule has 0 spiro atoms. The Bertz CT molecular complexity index is 426. The van der Waals surface area contributed by atoms with Crippen LogP contribution in [-0.2, 0) is 23.5 Å². The minimum atomic E-state index is -2.54. The number of hydrogen-bond donors (Lipinski definition) is 0. The molecule has 0 aliphatic heterocycles. The predicted molar refractivity (Wildman–Crippen MR) is 109 cm³/mol. The fourth-order valence-corrected chi connectivity index (χ4v) is 4.28. The Morgan fingerprint density at radius 3 is 1.64 bits per heavy atom. The van der Waals surface area contributed by atoms with Crippen LogP contribution in [0.5, 0.6) is 0 Å². The topological polar surface area (TPSA) is 61.8 Å². The van der Waals surface area contributed by atoms with E-state index in [9.17, 15) is 9.59 Å². The molecule has 0 N–H and O–H groups in total. The quantitative estimate of drug-likeness (QED) is 0.150. The summed E-state index contributed by atoms with van der Waals surface area (Å²) in [4.78, 5) is 21.2. The molecule has 0 heterocycles. The summed E-state index contributed by atoms with van der Waals surface area (Å²) in [5.74, 6) is -0.794. The van der Waals surface area contributed by atoms with E-state index in [0.29, 0.717) is 19.1 Å². The lowest BCUT2D eigenvalue weighted by Crippen LogP contribution is -2.28. The molecule has 10 heteroatoms. The average molecular weight is 450 g/mol. The maximum Gasteiger partial charge on any atom is 0.341 e. The molecule has 0 bridgehead atoms. The maximum atomic E-state index is 10.6. The normalized spacial score (nSPS) is 11.0. The summed E-state index contributed by atoms with van der Waals surface area (Å²) < 4.78 is 14.9. The molecule has 0 atom stereocenters. The molecule has 25 heavy (non-hydrogen) atoms. The lowest BCUT2D eigenvalue weighted by molar-refractivity contribution is -0.138. The van der Waals surface area contributed by atoms with E-state index >= 15 is 0 Å². The van der Waals surface area contributed by atoms with E-state index in [4.69, 9.17) is 42.4 Å². The van der Waals surface area contributed by atoms with E-state index in [2.05, 4.69) is 31.0 Å². The highest BCUT2D eigenvalue weighted by Gasteiger charge is 2.23. The van der Waals surface area contributed by atoms with Crippen molar-refractivity contribution in [3.8, 4) is 0 Å². The largest absolute Gasteiger partial charge is 0.463 e. The Hall–Kier alpha value is -0.316. The van der Waals surface area contributed by atoms with Crippen molar-refractivity contribution in [1.29, 1.82) is 0 Å². The zero-order valence-corrected chi connectivity index (χ0v) is 19.3. The molecule has 0 amide bonds. The molecule has 0 radical (unpaired) electrons. The number of halogens is 3. The Labute approximate surface area is 166 Å². The van der Waals surface area contributed by atoms with E-state index < -0.39 is 20.3 Å². The van der Waals surface area contributed by atoms with Crippen LogP contribution in [0.3, 0.4) is 0 Å². The maximum absolute atomic E-state index is 10.6. The van der Waals surface area contributed by atoms with Crippen molar-refractivity contribution in [3.63, 3.8) is 0 Å². The van der Waals surface area contributed by atoms with Crippen LogP contribution >= 0.6 is 33.2 Å². The van der Waals surface area contributed by atoms with Crippen LogP contribution in [-0.4, -0.2) is 46.6 Å². The third-order valence-electron chi connectivity index (χ3n) is 2.90. The van der Waals surface area contributed by atoms with Gasteiger partial charge in [0.25, 0.3) is 0 Å². The van der Waals surface area contributed by atoms with E-state index in [1.54, 1.807) is 7.11 Å². The van der Waals surface area contributed by atoms with Crippen LogP contribution in [0.15, 0.2) is 25.3 Å². The molecule has 0 aromatic rings. The van der Waals surface area contributed by atoms with Crippen molar-refractivity contribution in [2.24, 2.45) is 0 Å². The van der Waals surface area contributed by atoms with Gasteiger partial charge in [-0.05, 0) is 38.0 Å². The molecule has 146 valence electrons. The summed E-state index contributed by atoms with van der Waals surface area (Å²) >= 11 is 16.8. The number of carbonyl (C=O) groups is 2. The first kappa shape index (κ1) is 26.9. The number of hydrogen-bond acceptors (Lipinski definition) is 5. The minimum Gasteiger partial charge on any atom is -0.463 e. The molecular weight excluding hydrogens is 423 g/mol. The number of carbonyl (C=O) groups excluding carboxylic acids is 2. The van der Waals surface area contributed by atoms with Gasteiger partial charge in [0.05, 0.1) is 13.2 Å². The predicted octanol–water partition coefficient (Wildman–Crippen LogP) is 4.72. The van der Waals surface area contributed by atoms with Gasteiger partial charge in [-0.3, -0.25) is 0 Å². The van der Waals surface area contributed by atoms with Crippen molar-refractivity contribution >= 4 is 59.5 Å². The van der Waals surface area contributed by atoms with Gasteiger partial charge in [0.1, 0.15) is 0 Å². The van der Waals surface area contributed by atoms with Crippen molar-refractivity contribution < 1.29 is 23.5 Å². The SMILES string of the molecule is C=CC(=O)OCCC[Si](C)(C)OC.C=CC(=O)OCCC[Si](Cl)(Cl)Cl. The van der Waals surface area contributed by atoms with Crippen LogP contribution in [0.4, 0.5) is 0 Å². The van der Waals surface area contributed by atoms with Gasteiger partial charge in [0.15, 0.2) is 8.32 Å². The van der Waals surface area contributed by atoms with Gasteiger partial charge >= 0.3 is 17.9 Å². The van der Waals surface area contributed by atoms with Gasteiger partial charge < -0.3 is 13.9 Å². The molecule has 0 fully saturated rings. The fraction of sp³-hybridized carbons (Fsp3) is 0.600. The van der Waals surface area contributed by atoms with Gasteiger partial charge in [0.2, 0.25) is 0 Å². The third kappa shape index (κ3) is 21.6. The highest BCUT2D eigenvalue weighted by molar-refractivity contribution is 7.64. The summed E-state index contributed by atoms with van der Waals surface area (Å²) in [6.07, 6.45) is 3.74. The van der Waals surface area contributed by atoms with Crippen molar-refractivity contribution in [3.05, 3.63) is 25.3 Å². The average Bonchev–Trinajstić information content (AvgIpc) is 2.54. The van der Waals surface area contributed by atoms with Gasteiger partial charge in [-0.1, -0.05) is 13.2 Å². The monoisotopic (exact) mass is 448 g/mol. The summed E-state index contributed by atoms with van der Waals surface area (Å²) in [7, 11) is 0.261. The van der Waals surface area contributed by atoms with Gasteiger partial charge in [-0.2, -0.15) is 0 Å². The van der Waals surface area contributed by atoms with Crippen LogP contribution < -0.4 is 0 Å². The van der Waals surface area contributed by atoms with Crippen molar-refractivity contribution in [2.45, 2.75) is 38.0 Å². The molecule has 5 nitrogen and oxygen atoms in total. The Morgan fingerprint density at radius 2 is 1.32 bits per heavy atom. The fourth-order valence-electron chi connectivity index (χ4n) is 1.34. The van der Waals surface area contributed by atoms with Crippen molar-refractivity contribution in [1.82, 2.24) is 0 Å². The zero-order chi connectivity index (χ0) is 19.9. The molecule has 0 aliphatic rings. The Balaban J connectivity index is 0. The summed E-state index contributed by atoms with van der Waals surface area (Å²) in [6.45, 7) is 11.6. The Kier molecular flexibility index (Phi) is 15.9. The van der Waals surface area contributed by atoms with Crippen LogP contribution in [0.2, 0.25) is 25.2 Å². The zero-order valence-electron chi connectivity index (χ0n) is 15.0. The van der Waals surface area contributed by atoms with E-state index in [1.807, 2.05) is 0 Å². The second kappa shape index (κ2) is 14.8. The smallest absolute Gasteiger partial charge is 0.341 e. The number of esters is 2. The van der Waals surface area contributed by atoms with Crippen LogP contribution in [0.25, 0.3) is 0 Å². The van der Waals surface area contributed by atoms with E-state index in [0.717, 1.165) is 18.5 Å². The lowest BCUT2D eigenvalue weighted by atomic mass is 10.5. The second-order valence-electron chi connectivity index (χ2n) is 5.53. The molecule has 0 saturated carbocycles. The molecule has 0 rings (SSSR count). The van der Waals surface area contributed by atoms with Gasteiger partial charge in [-0.25, -0.2) is 9.59 Å². The van der Waals surface area contributed by atoms with Crippen LogP contribution in [0.1, 0.15) is 12.8 Å². The highest BCUT2D eigenvalue weighted by Crippen LogP contribution is 2.26. The molecule has 0 unspecified atom stereocenters. The second-order valence-corrected chi connectivity index (χ2v) is 19.2. The summed E-state index contributed by atoms with van der Waals surface area (Å²) in [5.41, 5.74) is 0. The number of ether oxygens (including phenoxy) is 2. The number of rotatable bonds is 11. The first-order valence-electron chi connectivity index (χ1n) is 7.67. The van der Waals surface area contributed by atoms with Crippen LogP contribution in [0, 0.1) is 0 Å². The Morgan fingerprint density at radius 1 is 0.920 bits per heavy atom. The first-order chi connectivity index (χ1) is 11.5. The molecule has 0 aliphatic carbocycles. The van der Waals surface area contributed by atoms with E-state index in [-0.39, 0.29) is 12.6 Å². The highest BCUT2D eigenvalue weighted by atomic mass is 35.8. The standard InChI is InChI=1S/C9H18O3Si.C6H9Cl3O2Si/c1-5-9(10)12-7-6-8-13(3,4)11-2;1-2-6(10)11-4-3-5-12(7,8)9/h5H,1,6-8H2,2-4H3;2H,1,3-5H2. The van der Waals surface area contributed by atoms with Crippen molar-refractivity contribution in [2.75, 3.05) is 20.3 Å². The van der Waals surface area contributed by atoms with Gasteiger partial charge in [0, 0.05) is 19.3 Å². The minimum absolute atomic E-state index is 0.283. The van der Waals surface area contributed by atoms with E-state index in [1.165, 1.54) is 6.08 Å². The lowest BCUT2D eigenvalue weighted by Gasteiger charge is -2.19. The molecule has 0 aromatic heterocycles. The van der Waals surface area contributed by atoms with Gasteiger partial charge in [-0.15, -0.1) is 33.2 Å². The molecule has 0 saturated heterocycles. The summed E-state index contributed by atoms with van der Waals surface area (Å²) in [5, 5.41) is 0. The molecule has 0 aromatic carbocycles. The third-order valence-corrected chi connectivity index (χ3v) is 8.19. The first-order valence-corrected chi connectivity index (χ1v) is 16.0. The summed E-state index contributed by atoms with van der Waals surface area (Å²) in [6, 6.07) is -1.03.